The molecule has 0 atom stereocenters. The number of hydrogen-bond acceptors (Lipinski definition) is 5. The van der Waals surface area contributed by atoms with Gasteiger partial charge < -0.3 is 9.83 Å². The fraction of sp³-hybridized carbons (Fsp3) is 0. The SMILES string of the molecule is Oc1csc(SNc2ccccc2)n1. The number of benzene rings is 1. The van der Waals surface area contributed by atoms with Crippen LogP contribution in [0.15, 0.2) is 40.1 Å². The number of thiazole rings is 1. The second-order valence-corrected chi connectivity index (χ2v) is 4.45. The minimum atomic E-state index is 0.0763. The van der Waals surface area contributed by atoms with Gasteiger partial charge in [-0.2, -0.15) is 4.98 Å². The molecule has 2 N–H and O–H groups in total. The van der Waals surface area contributed by atoms with Gasteiger partial charge in [0.25, 0.3) is 0 Å². The number of nitrogens with zero attached hydrogens (tertiary/aromatic N) is 1. The van der Waals surface area contributed by atoms with Crippen LogP contribution >= 0.6 is 23.3 Å². The van der Waals surface area contributed by atoms with Crippen molar-refractivity contribution in [3.63, 3.8) is 0 Å². The van der Waals surface area contributed by atoms with Crippen molar-refractivity contribution in [2.24, 2.45) is 0 Å². The van der Waals surface area contributed by atoms with Crippen LogP contribution in [0.25, 0.3) is 0 Å². The number of nitrogens with one attached hydrogen (secondary N) is 1. The van der Waals surface area contributed by atoms with Gasteiger partial charge in [-0.25, -0.2) is 0 Å². The molecule has 0 spiro atoms. The summed E-state index contributed by atoms with van der Waals surface area (Å²) in [6, 6.07) is 9.83. The highest BCUT2D eigenvalue weighted by Gasteiger charge is 2.00. The summed E-state index contributed by atoms with van der Waals surface area (Å²) in [6.07, 6.45) is 0. The summed E-state index contributed by atoms with van der Waals surface area (Å²) >= 11 is 2.80. The zero-order valence-electron chi connectivity index (χ0n) is 7.18. The molecule has 0 saturated heterocycles. The fourth-order valence-corrected chi connectivity index (χ4v) is 2.25. The van der Waals surface area contributed by atoms with E-state index >= 15 is 0 Å². The van der Waals surface area contributed by atoms with Crippen LogP contribution in [0.1, 0.15) is 0 Å². The molecule has 72 valence electrons. The highest BCUT2D eigenvalue weighted by atomic mass is 32.2. The van der Waals surface area contributed by atoms with E-state index in [9.17, 15) is 0 Å². The van der Waals surface area contributed by atoms with Gasteiger partial charge in [-0.15, -0.1) is 11.3 Å². The van der Waals surface area contributed by atoms with Crippen molar-refractivity contribution in [3.8, 4) is 5.88 Å². The Morgan fingerprint density at radius 1 is 1.29 bits per heavy atom. The number of aromatic hydroxyl groups is 1. The summed E-state index contributed by atoms with van der Waals surface area (Å²) in [5.74, 6) is 0.0763. The van der Waals surface area contributed by atoms with Crippen LogP contribution in [0.3, 0.4) is 0 Å². The van der Waals surface area contributed by atoms with E-state index in [4.69, 9.17) is 5.11 Å². The quantitative estimate of drug-likeness (QED) is 0.787. The molecule has 0 unspecified atom stereocenters. The van der Waals surface area contributed by atoms with E-state index < -0.39 is 0 Å². The van der Waals surface area contributed by atoms with Gasteiger partial charge in [0.15, 0.2) is 4.34 Å². The molecule has 14 heavy (non-hydrogen) atoms. The van der Waals surface area contributed by atoms with E-state index in [0.717, 1.165) is 10.0 Å². The summed E-state index contributed by atoms with van der Waals surface area (Å²) in [5.41, 5.74) is 1.02. The van der Waals surface area contributed by atoms with Gasteiger partial charge in [-0.05, 0) is 12.1 Å². The third kappa shape index (κ3) is 2.40. The number of hydrogen-bond donors (Lipinski definition) is 2. The van der Waals surface area contributed by atoms with Gasteiger partial charge >= 0.3 is 0 Å². The van der Waals surface area contributed by atoms with Crippen molar-refractivity contribution >= 4 is 29.0 Å². The van der Waals surface area contributed by atoms with Gasteiger partial charge in [0.1, 0.15) is 0 Å². The van der Waals surface area contributed by atoms with E-state index in [1.54, 1.807) is 5.38 Å². The summed E-state index contributed by atoms with van der Waals surface area (Å²) in [7, 11) is 0. The lowest BCUT2D eigenvalue weighted by Crippen LogP contribution is -1.84. The zero-order chi connectivity index (χ0) is 9.80. The van der Waals surface area contributed by atoms with Crippen LogP contribution < -0.4 is 4.72 Å². The molecule has 2 rings (SSSR count). The largest absolute Gasteiger partial charge is 0.493 e. The second kappa shape index (κ2) is 4.34. The Kier molecular flexibility index (Phi) is 2.90. The molecule has 3 nitrogen and oxygen atoms in total. The van der Waals surface area contributed by atoms with Crippen molar-refractivity contribution in [2.45, 2.75) is 4.34 Å². The molecule has 0 amide bonds. The van der Waals surface area contributed by atoms with Gasteiger partial charge in [0.05, 0.1) is 5.38 Å². The second-order valence-electron chi connectivity index (χ2n) is 2.54. The van der Waals surface area contributed by atoms with Crippen molar-refractivity contribution in [1.29, 1.82) is 0 Å². The van der Waals surface area contributed by atoms with E-state index in [0.29, 0.717) is 0 Å². The molecule has 1 heterocycles. The van der Waals surface area contributed by atoms with Gasteiger partial charge in [0, 0.05) is 17.6 Å². The van der Waals surface area contributed by atoms with Gasteiger partial charge in [-0.1, -0.05) is 18.2 Å². The lowest BCUT2D eigenvalue weighted by molar-refractivity contribution is 0.454. The number of rotatable bonds is 3. The molecule has 0 aliphatic carbocycles. The molecular weight excluding hydrogens is 216 g/mol. The van der Waals surface area contributed by atoms with Crippen LogP contribution in [-0.4, -0.2) is 10.1 Å². The first-order valence-electron chi connectivity index (χ1n) is 3.97. The Morgan fingerprint density at radius 3 is 2.71 bits per heavy atom. The van der Waals surface area contributed by atoms with E-state index in [-0.39, 0.29) is 5.88 Å². The topological polar surface area (TPSA) is 45.1 Å². The summed E-state index contributed by atoms with van der Waals surface area (Å²) in [4.78, 5) is 3.90. The molecule has 0 saturated carbocycles. The van der Waals surface area contributed by atoms with Gasteiger partial charge in [0.2, 0.25) is 5.88 Å². The van der Waals surface area contributed by atoms with Crippen molar-refractivity contribution in [1.82, 2.24) is 4.98 Å². The minimum absolute atomic E-state index is 0.0763. The summed E-state index contributed by atoms with van der Waals surface area (Å²) < 4.78 is 3.93. The zero-order valence-corrected chi connectivity index (χ0v) is 8.81. The average Bonchev–Trinajstić information content (AvgIpc) is 2.63. The molecule has 2 aromatic rings. The summed E-state index contributed by atoms with van der Waals surface area (Å²) in [6.45, 7) is 0. The molecule has 0 aliphatic rings. The maximum atomic E-state index is 9.01. The Balaban J connectivity index is 1.95. The fourth-order valence-electron chi connectivity index (χ4n) is 0.905. The highest BCUT2D eigenvalue weighted by molar-refractivity contribution is 8.02. The maximum absolute atomic E-state index is 9.01. The molecule has 0 fully saturated rings. The Bertz CT molecular complexity index is 402. The molecule has 1 aromatic heterocycles. The maximum Gasteiger partial charge on any atom is 0.223 e. The third-order valence-electron chi connectivity index (χ3n) is 1.50. The Hall–Kier alpha value is -1.20. The molecule has 0 aliphatic heterocycles. The molecule has 5 heteroatoms. The van der Waals surface area contributed by atoms with Crippen LogP contribution in [0.4, 0.5) is 5.69 Å². The predicted molar refractivity (Wildman–Crippen MR) is 59.7 cm³/mol. The van der Waals surface area contributed by atoms with Crippen molar-refractivity contribution in [2.75, 3.05) is 4.72 Å². The van der Waals surface area contributed by atoms with E-state index in [1.165, 1.54) is 23.3 Å². The Labute approximate surface area is 90.0 Å². The van der Waals surface area contributed by atoms with Crippen molar-refractivity contribution in [3.05, 3.63) is 35.7 Å². The smallest absolute Gasteiger partial charge is 0.223 e. The Morgan fingerprint density at radius 2 is 2.07 bits per heavy atom. The van der Waals surface area contributed by atoms with Gasteiger partial charge in [-0.3, -0.25) is 0 Å². The molecule has 0 radical (unpaired) electrons. The number of aromatic nitrogens is 1. The highest BCUT2D eigenvalue weighted by Crippen LogP contribution is 2.26. The third-order valence-corrected chi connectivity index (χ3v) is 3.26. The van der Waals surface area contributed by atoms with Crippen LogP contribution in [0.2, 0.25) is 0 Å². The number of para-hydroxylation sites is 1. The van der Waals surface area contributed by atoms with Crippen LogP contribution in [-0.2, 0) is 0 Å². The lowest BCUT2D eigenvalue weighted by atomic mass is 10.3. The molecular formula is C9H8N2OS2. The monoisotopic (exact) mass is 224 g/mol. The van der Waals surface area contributed by atoms with Crippen molar-refractivity contribution < 1.29 is 5.11 Å². The van der Waals surface area contributed by atoms with E-state index in [1.807, 2.05) is 30.3 Å². The summed E-state index contributed by atoms with van der Waals surface area (Å²) in [5, 5.41) is 10.6. The normalized spacial score (nSPS) is 10.0. The minimum Gasteiger partial charge on any atom is -0.493 e. The predicted octanol–water partition coefficient (Wildman–Crippen LogP) is 2.97. The van der Waals surface area contributed by atoms with E-state index in [2.05, 4.69) is 9.71 Å². The molecule has 1 aromatic carbocycles. The standard InChI is InChI=1S/C9H8N2OS2/c12-8-6-13-9(10-8)14-11-7-4-2-1-3-5-7/h1-6,11-12H. The van der Waals surface area contributed by atoms with Crippen LogP contribution in [0.5, 0.6) is 5.88 Å². The molecule has 0 bridgehead atoms. The first kappa shape index (κ1) is 9.36. The number of anilines is 1. The average molecular weight is 224 g/mol. The van der Waals surface area contributed by atoms with Crippen LogP contribution in [0, 0.1) is 0 Å². The first-order chi connectivity index (χ1) is 6.84. The lowest BCUT2D eigenvalue weighted by Gasteiger charge is -2.00. The first-order valence-corrected chi connectivity index (χ1v) is 5.66.